The van der Waals surface area contributed by atoms with Crippen molar-refractivity contribution in [1.82, 2.24) is 10.3 Å². The second-order valence-electron chi connectivity index (χ2n) is 4.98. The molecule has 0 saturated carbocycles. The summed E-state index contributed by atoms with van der Waals surface area (Å²) in [5, 5.41) is 4.04. The van der Waals surface area contributed by atoms with Crippen molar-refractivity contribution in [2.24, 2.45) is 5.92 Å². The molecule has 118 valence electrons. The first-order valence-corrected chi connectivity index (χ1v) is 7.96. The second kappa shape index (κ2) is 7.47. The number of aromatic nitrogens is 1. The first-order chi connectivity index (χ1) is 10.0. The van der Waals surface area contributed by atoms with Gasteiger partial charge in [-0.25, -0.2) is 4.98 Å². The van der Waals surface area contributed by atoms with Crippen molar-refractivity contribution in [2.75, 3.05) is 25.5 Å². The molecular weight excluding hydrogens is 301 g/mol. The molecule has 2 unspecified atom stereocenters. The fourth-order valence-electron chi connectivity index (χ4n) is 2.30. The van der Waals surface area contributed by atoms with Crippen molar-refractivity contribution in [3.63, 3.8) is 0 Å². The van der Waals surface area contributed by atoms with Gasteiger partial charge in [0, 0.05) is 30.5 Å². The Balaban J connectivity index is 1.91. The number of alkyl halides is 3. The maximum Gasteiger partial charge on any atom is 0.417 e. The lowest BCUT2D eigenvalue weighted by Crippen LogP contribution is -2.38. The van der Waals surface area contributed by atoms with E-state index in [1.54, 1.807) is 0 Å². The van der Waals surface area contributed by atoms with Crippen LogP contribution < -0.4 is 5.32 Å². The Morgan fingerprint density at radius 2 is 2.29 bits per heavy atom. The molecule has 0 spiro atoms. The Kier molecular flexibility index (Phi) is 5.89. The topological polar surface area (TPSA) is 34.2 Å². The Labute approximate surface area is 126 Å². The molecule has 21 heavy (non-hydrogen) atoms. The summed E-state index contributed by atoms with van der Waals surface area (Å²) in [4.78, 5) is 3.89. The van der Waals surface area contributed by atoms with E-state index in [1.807, 2.05) is 6.92 Å². The molecule has 1 saturated heterocycles. The minimum Gasteiger partial charge on any atom is -0.381 e. The van der Waals surface area contributed by atoms with Gasteiger partial charge in [-0.3, -0.25) is 0 Å². The Bertz CT molecular complexity index is 433. The summed E-state index contributed by atoms with van der Waals surface area (Å²) >= 11 is 1.48. The highest BCUT2D eigenvalue weighted by molar-refractivity contribution is 7.99. The molecule has 2 atom stereocenters. The highest BCUT2D eigenvalue weighted by atomic mass is 32.2. The molecular formula is C14H19F3N2OS. The van der Waals surface area contributed by atoms with E-state index in [4.69, 9.17) is 4.74 Å². The van der Waals surface area contributed by atoms with Gasteiger partial charge in [0.15, 0.2) is 0 Å². The highest BCUT2D eigenvalue weighted by Gasteiger charge is 2.30. The molecule has 7 heteroatoms. The van der Waals surface area contributed by atoms with Gasteiger partial charge in [0.05, 0.1) is 17.2 Å². The molecule has 0 amide bonds. The van der Waals surface area contributed by atoms with Crippen molar-refractivity contribution < 1.29 is 17.9 Å². The smallest absolute Gasteiger partial charge is 0.381 e. The van der Waals surface area contributed by atoms with Gasteiger partial charge in [-0.05, 0) is 25.1 Å². The third-order valence-corrected chi connectivity index (χ3v) is 4.54. The van der Waals surface area contributed by atoms with Crippen molar-refractivity contribution in [3.8, 4) is 0 Å². The molecule has 0 bridgehead atoms. The zero-order chi connectivity index (χ0) is 15.3. The Morgan fingerprint density at radius 1 is 1.48 bits per heavy atom. The van der Waals surface area contributed by atoms with Crippen LogP contribution in [0.25, 0.3) is 0 Å². The number of hydrogen-bond donors (Lipinski definition) is 1. The van der Waals surface area contributed by atoms with Gasteiger partial charge in [0.2, 0.25) is 0 Å². The summed E-state index contributed by atoms with van der Waals surface area (Å²) in [5.41, 5.74) is -0.709. The molecule has 0 aliphatic carbocycles. The fourth-order valence-corrected chi connectivity index (χ4v) is 3.33. The van der Waals surface area contributed by atoms with Crippen LogP contribution >= 0.6 is 11.8 Å². The predicted octanol–water partition coefficient (Wildman–Crippen LogP) is 3.21. The maximum atomic E-state index is 12.5. The molecule has 0 radical (unpaired) electrons. The van der Waals surface area contributed by atoms with E-state index in [-0.39, 0.29) is 0 Å². The third-order valence-electron chi connectivity index (χ3n) is 3.47. The SMILES string of the molecule is CCNC(CSc1ccc(C(F)(F)F)cn1)C1CCOC1. The minimum absolute atomic E-state index is 0.298. The van der Waals surface area contributed by atoms with Crippen LogP contribution in [0.3, 0.4) is 0 Å². The number of thioether (sulfide) groups is 1. The van der Waals surface area contributed by atoms with Gasteiger partial charge in [0.25, 0.3) is 0 Å². The van der Waals surface area contributed by atoms with Crippen LogP contribution in [0.15, 0.2) is 23.4 Å². The normalized spacial score (nSPS) is 20.7. The van der Waals surface area contributed by atoms with Gasteiger partial charge in [-0.2, -0.15) is 13.2 Å². The van der Waals surface area contributed by atoms with E-state index in [1.165, 1.54) is 17.8 Å². The van der Waals surface area contributed by atoms with Crippen LogP contribution in [0.5, 0.6) is 0 Å². The Morgan fingerprint density at radius 3 is 2.81 bits per heavy atom. The molecule has 1 N–H and O–H groups in total. The highest BCUT2D eigenvalue weighted by Crippen LogP contribution is 2.30. The second-order valence-corrected chi connectivity index (χ2v) is 6.02. The average Bonchev–Trinajstić information content (AvgIpc) is 2.97. The summed E-state index contributed by atoms with van der Waals surface area (Å²) in [5.74, 6) is 1.24. The number of ether oxygens (including phenoxy) is 1. The molecule has 2 rings (SSSR count). The van der Waals surface area contributed by atoms with E-state index < -0.39 is 11.7 Å². The van der Waals surface area contributed by atoms with Crippen LogP contribution in [0.4, 0.5) is 13.2 Å². The molecule has 1 aliphatic heterocycles. The monoisotopic (exact) mass is 320 g/mol. The summed E-state index contributed by atoms with van der Waals surface area (Å²) in [6.07, 6.45) is -2.41. The van der Waals surface area contributed by atoms with Crippen LogP contribution in [0, 0.1) is 5.92 Å². The van der Waals surface area contributed by atoms with Crippen LogP contribution in [-0.2, 0) is 10.9 Å². The van der Waals surface area contributed by atoms with Gasteiger partial charge in [-0.15, -0.1) is 11.8 Å². The maximum absolute atomic E-state index is 12.5. The summed E-state index contributed by atoms with van der Waals surface area (Å²) in [6.45, 7) is 4.44. The van der Waals surface area contributed by atoms with E-state index >= 15 is 0 Å². The molecule has 3 nitrogen and oxygen atoms in total. The van der Waals surface area contributed by atoms with Gasteiger partial charge < -0.3 is 10.1 Å². The molecule has 1 aliphatic rings. The molecule has 1 fully saturated rings. The fraction of sp³-hybridized carbons (Fsp3) is 0.643. The van der Waals surface area contributed by atoms with Gasteiger partial charge in [0.1, 0.15) is 0 Å². The lowest BCUT2D eigenvalue weighted by Gasteiger charge is -2.22. The number of hydrogen-bond acceptors (Lipinski definition) is 4. The van der Waals surface area contributed by atoms with Crippen molar-refractivity contribution in [2.45, 2.75) is 30.6 Å². The van der Waals surface area contributed by atoms with Crippen LogP contribution in [-0.4, -0.2) is 36.5 Å². The lowest BCUT2D eigenvalue weighted by molar-refractivity contribution is -0.137. The van der Waals surface area contributed by atoms with Crippen molar-refractivity contribution >= 4 is 11.8 Å². The summed E-state index contributed by atoms with van der Waals surface area (Å²) < 4.78 is 42.8. The summed E-state index contributed by atoms with van der Waals surface area (Å²) in [7, 11) is 0. The molecule has 2 heterocycles. The van der Waals surface area contributed by atoms with Gasteiger partial charge >= 0.3 is 6.18 Å². The van der Waals surface area contributed by atoms with Crippen LogP contribution in [0.2, 0.25) is 0 Å². The van der Waals surface area contributed by atoms with Crippen LogP contribution in [0.1, 0.15) is 18.9 Å². The first kappa shape index (κ1) is 16.6. The predicted molar refractivity (Wildman–Crippen MR) is 76.4 cm³/mol. The van der Waals surface area contributed by atoms with E-state index in [2.05, 4.69) is 10.3 Å². The standard InChI is InChI=1S/C14H19F3N2OS/c1-2-18-12(10-5-6-20-8-10)9-21-13-4-3-11(7-19-13)14(15,16)17/h3-4,7,10,12,18H,2,5-6,8-9H2,1H3. The van der Waals surface area contributed by atoms with Crippen molar-refractivity contribution in [1.29, 1.82) is 0 Å². The molecule has 1 aromatic heterocycles. The van der Waals surface area contributed by atoms with E-state index in [0.29, 0.717) is 17.0 Å². The quantitative estimate of drug-likeness (QED) is 0.816. The van der Waals surface area contributed by atoms with Gasteiger partial charge in [-0.1, -0.05) is 6.92 Å². The van der Waals surface area contributed by atoms with E-state index in [9.17, 15) is 13.2 Å². The number of nitrogens with one attached hydrogen (secondary N) is 1. The van der Waals surface area contributed by atoms with Crippen molar-refractivity contribution in [3.05, 3.63) is 23.9 Å². The third kappa shape index (κ3) is 4.86. The van der Waals surface area contributed by atoms with E-state index in [0.717, 1.165) is 44.2 Å². The Hall–Kier alpha value is -0.790. The zero-order valence-corrected chi connectivity index (χ0v) is 12.6. The first-order valence-electron chi connectivity index (χ1n) is 6.98. The number of nitrogens with zero attached hydrogens (tertiary/aromatic N) is 1. The minimum atomic E-state index is -4.33. The number of rotatable bonds is 6. The average molecular weight is 320 g/mol. The summed E-state index contributed by atoms with van der Waals surface area (Å²) in [6, 6.07) is 2.81. The molecule has 0 aromatic carbocycles. The number of halogens is 3. The molecule has 1 aromatic rings. The lowest BCUT2D eigenvalue weighted by atomic mass is 10.0. The zero-order valence-electron chi connectivity index (χ0n) is 11.8. The number of pyridine rings is 1. The largest absolute Gasteiger partial charge is 0.417 e.